The number of methoxy groups -OCH3 is 1. The number of imide groups is 2. The number of fused-ring (bicyclic) bond motifs is 1. The number of aromatic nitrogens is 4. The van der Waals surface area contributed by atoms with Crippen LogP contribution in [0.3, 0.4) is 0 Å². The number of piperidine rings is 4. The highest BCUT2D eigenvalue weighted by Gasteiger charge is 2.46. The zero-order valence-corrected chi connectivity index (χ0v) is 46.1. The van der Waals surface area contributed by atoms with Crippen LogP contribution in [0.1, 0.15) is 72.1 Å². The standard InChI is InChI=1S/C57H62BrFN11O6P/c1-66-33-38(30-61-66)39-27-45(63-56-60-31-42(58)52(65-56)62-44-12-11-37(25-50(44)77(3,4)75)36-9-6-5-7-10-36)49(76-2)29-47(39)68-21-15-35(16-22-68)32-67-23-18-57(19-24-67)17-8-20-69(34-57)48-28-41-40(26-43(48)59)54(73)70(55(41)74)46-13-14-51(71)64-53(46)72/h5-7,9-12,25-31,33,35,46H,8,13-24,32,34H2,1-4H3,(H,64,71,72)(H2,60,62,63,65). The molecule has 0 bridgehead atoms. The summed E-state index contributed by atoms with van der Waals surface area (Å²) in [6.45, 7) is 9.49. The molecule has 7 heterocycles. The first-order valence-electron chi connectivity index (χ1n) is 26.3. The van der Waals surface area contributed by atoms with E-state index in [-0.39, 0.29) is 29.4 Å². The second-order valence-corrected chi connectivity index (χ2v) is 25.7. The number of nitrogens with zero attached hydrogens (tertiary/aromatic N) is 8. The monoisotopic (exact) mass is 1130 g/mol. The summed E-state index contributed by atoms with van der Waals surface area (Å²) >= 11 is 3.64. The lowest BCUT2D eigenvalue weighted by molar-refractivity contribution is -0.136. The van der Waals surface area contributed by atoms with Gasteiger partial charge in [0.15, 0.2) is 0 Å². The lowest BCUT2D eigenvalue weighted by Crippen LogP contribution is -2.54. The summed E-state index contributed by atoms with van der Waals surface area (Å²) in [6.07, 6.45) is 11.6. The Morgan fingerprint density at radius 2 is 1.56 bits per heavy atom. The van der Waals surface area contributed by atoms with Crippen LogP contribution in [-0.2, 0) is 21.2 Å². The van der Waals surface area contributed by atoms with Gasteiger partial charge in [-0.15, -0.1) is 0 Å². The molecule has 4 fully saturated rings. The normalized spacial score (nSPS) is 19.2. The predicted molar refractivity (Wildman–Crippen MR) is 300 cm³/mol. The molecule has 11 rings (SSSR count). The van der Waals surface area contributed by atoms with Crippen molar-refractivity contribution in [2.24, 2.45) is 18.4 Å². The summed E-state index contributed by atoms with van der Waals surface area (Å²) in [5.74, 6) is -1.04. The Morgan fingerprint density at radius 1 is 0.805 bits per heavy atom. The van der Waals surface area contributed by atoms with Crippen molar-refractivity contribution in [1.29, 1.82) is 0 Å². The lowest BCUT2D eigenvalue weighted by Gasteiger charge is -2.49. The zero-order chi connectivity index (χ0) is 53.8. The van der Waals surface area contributed by atoms with Crippen molar-refractivity contribution >= 4 is 86.5 Å². The molecule has 3 N–H and O–H groups in total. The van der Waals surface area contributed by atoms with E-state index in [1.54, 1.807) is 31.3 Å². The number of carbonyl (C=O) groups is 4. The third kappa shape index (κ3) is 10.6. The van der Waals surface area contributed by atoms with Crippen LogP contribution in [0.2, 0.25) is 0 Å². The first-order valence-corrected chi connectivity index (χ1v) is 29.7. The Balaban J connectivity index is 0.739. The molecule has 5 aliphatic heterocycles. The van der Waals surface area contributed by atoms with E-state index in [1.165, 1.54) is 6.07 Å². The van der Waals surface area contributed by atoms with Crippen molar-refractivity contribution in [3.8, 4) is 28.0 Å². The fourth-order valence-electron chi connectivity index (χ4n) is 12.0. The van der Waals surface area contributed by atoms with Gasteiger partial charge in [-0.2, -0.15) is 10.1 Å². The van der Waals surface area contributed by atoms with E-state index >= 15 is 4.39 Å². The summed E-state index contributed by atoms with van der Waals surface area (Å²) in [4.78, 5) is 68.9. The van der Waals surface area contributed by atoms with Gasteiger partial charge in [-0.05, 0) is 140 Å². The molecule has 4 saturated heterocycles. The summed E-state index contributed by atoms with van der Waals surface area (Å²) in [5.41, 5.74) is 6.78. The number of ether oxygens (including phenoxy) is 1. The molecular formula is C57H62BrFN11O6P. The van der Waals surface area contributed by atoms with Crippen LogP contribution in [0.4, 0.5) is 38.9 Å². The SMILES string of the molecule is COc1cc(N2CCC(CN3CCC4(CCCN(c5cc6c(cc5F)C(=O)N(C5CCC(=O)NC5=O)C6=O)C4)CC3)CC2)c(-c2cnn(C)c2)cc1Nc1ncc(Br)c(Nc2ccc(-c3ccccc3)cc2P(C)(C)=O)n1. The Morgan fingerprint density at radius 3 is 2.26 bits per heavy atom. The molecule has 20 heteroatoms. The van der Waals surface area contributed by atoms with Crippen LogP contribution in [0.5, 0.6) is 5.75 Å². The number of aryl methyl sites for hydroxylation is 1. The molecular weight excluding hydrogens is 1060 g/mol. The van der Waals surface area contributed by atoms with Gasteiger partial charge in [0.2, 0.25) is 17.8 Å². The molecule has 0 saturated carbocycles. The van der Waals surface area contributed by atoms with Crippen LogP contribution in [0, 0.1) is 17.2 Å². The highest BCUT2D eigenvalue weighted by atomic mass is 79.9. The van der Waals surface area contributed by atoms with Crippen molar-refractivity contribution in [3.63, 3.8) is 0 Å². The molecule has 6 aromatic rings. The summed E-state index contributed by atoms with van der Waals surface area (Å²) in [5, 5.41) is 14.3. The number of halogens is 2. The van der Waals surface area contributed by atoms with E-state index < -0.39 is 42.6 Å². The molecule has 5 aliphatic rings. The van der Waals surface area contributed by atoms with Gasteiger partial charge in [-0.3, -0.25) is 34.1 Å². The highest BCUT2D eigenvalue weighted by molar-refractivity contribution is 9.10. The van der Waals surface area contributed by atoms with Crippen molar-refractivity contribution < 1.29 is 32.9 Å². The fraction of sp³-hybridized carbons (Fsp3) is 0.386. The quantitative estimate of drug-likeness (QED) is 0.0734. The largest absolute Gasteiger partial charge is 0.494 e. The number of anilines is 6. The van der Waals surface area contributed by atoms with E-state index in [9.17, 15) is 23.7 Å². The molecule has 0 aliphatic carbocycles. The van der Waals surface area contributed by atoms with E-state index in [1.807, 2.05) is 72.9 Å². The van der Waals surface area contributed by atoms with Crippen LogP contribution in [0.25, 0.3) is 22.3 Å². The lowest BCUT2D eigenvalue weighted by atomic mass is 9.72. The average molecular weight is 1130 g/mol. The first kappa shape index (κ1) is 52.1. The molecule has 400 valence electrons. The maximum absolute atomic E-state index is 16.0. The van der Waals surface area contributed by atoms with Crippen molar-refractivity contribution in [2.75, 3.05) is 86.7 Å². The van der Waals surface area contributed by atoms with Gasteiger partial charge in [0, 0.05) is 86.8 Å². The minimum atomic E-state index is -2.72. The van der Waals surface area contributed by atoms with E-state index in [4.69, 9.17) is 9.72 Å². The third-order valence-corrected chi connectivity index (χ3v) is 18.3. The van der Waals surface area contributed by atoms with Gasteiger partial charge in [0.05, 0.1) is 46.0 Å². The smallest absolute Gasteiger partial charge is 0.262 e. The summed E-state index contributed by atoms with van der Waals surface area (Å²) in [7, 11) is 0.847. The molecule has 1 atom stereocenters. The Labute approximate surface area is 455 Å². The minimum Gasteiger partial charge on any atom is -0.494 e. The highest BCUT2D eigenvalue weighted by Crippen LogP contribution is 2.46. The molecule has 4 aromatic carbocycles. The summed E-state index contributed by atoms with van der Waals surface area (Å²) < 4.78 is 38.1. The van der Waals surface area contributed by atoms with Crippen molar-refractivity contribution in [1.82, 2.24) is 34.9 Å². The topological polar surface area (TPSA) is 187 Å². The van der Waals surface area contributed by atoms with Gasteiger partial charge < -0.3 is 34.6 Å². The number of rotatable bonds is 13. The second-order valence-electron chi connectivity index (χ2n) is 21.6. The van der Waals surface area contributed by atoms with Crippen molar-refractivity contribution in [2.45, 2.75) is 57.4 Å². The second kappa shape index (κ2) is 21.1. The zero-order valence-electron chi connectivity index (χ0n) is 43.7. The number of likely N-dealkylation sites (tertiary alicyclic amines) is 1. The predicted octanol–water partition coefficient (Wildman–Crippen LogP) is 9.19. The Hall–Kier alpha value is -6.95. The Kier molecular flexibility index (Phi) is 14.3. The van der Waals surface area contributed by atoms with Crippen LogP contribution < -0.4 is 35.8 Å². The van der Waals surface area contributed by atoms with Gasteiger partial charge in [0.1, 0.15) is 30.6 Å². The van der Waals surface area contributed by atoms with Crippen LogP contribution in [0.15, 0.2) is 95.9 Å². The fourth-order valence-corrected chi connectivity index (χ4v) is 13.5. The van der Waals surface area contributed by atoms with Crippen LogP contribution in [-0.4, -0.2) is 125 Å². The number of nitrogens with one attached hydrogen (secondary N) is 3. The maximum atomic E-state index is 16.0. The molecule has 17 nitrogen and oxygen atoms in total. The number of hydrogen-bond acceptors (Lipinski definition) is 14. The van der Waals surface area contributed by atoms with Crippen LogP contribution >= 0.6 is 23.1 Å². The Bertz CT molecular complexity index is 3350. The molecule has 1 unspecified atom stereocenters. The number of carbonyl (C=O) groups excluding carboxylic acids is 4. The maximum Gasteiger partial charge on any atom is 0.262 e. The molecule has 4 amide bonds. The number of benzene rings is 4. The first-order chi connectivity index (χ1) is 37.0. The van der Waals surface area contributed by atoms with Gasteiger partial charge in [-0.1, -0.05) is 36.4 Å². The molecule has 0 radical (unpaired) electrons. The van der Waals surface area contributed by atoms with E-state index in [0.29, 0.717) is 63.4 Å². The molecule has 2 aromatic heterocycles. The third-order valence-electron chi connectivity index (χ3n) is 16.2. The van der Waals surface area contributed by atoms with E-state index in [2.05, 4.69) is 63.9 Å². The number of hydrogen-bond donors (Lipinski definition) is 3. The van der Waals surface area contributed by atoms with Crippen molar-refractivity contribution in [3.05, 3.63) is 113 Å². The molecule has 77 heavy (non-hydrogen) atoms. The number of amides is 4. The average Bonchev–Trinajstić information content (AvgIpc) is 4.05. The van der Waals surface area contributed by atoms with Gasteiger partial charge in [0.25, 0.3) is 11.8 Å². The van der Waals surface area contributed by atoms with Gasteiger partial charge >= 0.3 is 0 Å². The van der Waals surface area contributed by atoms with Gasteiger partial charge in [-0.25, -0.2) is 9.37 Å². The molecule has 1 spiro atoms. The summed E-state index contributed by atoms with van der Waals surface area (Å²) in [6, 6.07) is 21.7. The van der Waals surface area contributed by atoms with E-state index in [0.717, 1.165) is 110 Å². The minimum absolute atomic E-state index is 0.00421.